The number of alkyl halides is 7. The number of hydrogen-bond donors (Lipinski definition) is 2. The average Bonchev–Trinajstić information content (AvgIpc) is 2.68. The van der Waals surface area contributed by atoms with Gasteiger partial charge in [-0.2, -0.15) is 36.2 Å². The molecule has 0 atom stereocenters. The molecular formula is C16H26Cl3F6N2O3+. The van der Waals surface area contributed by atoms with Crippen molar-refractivity contribution in [3.8, 4) is 0 Å². The molecule has 0 unspecified atom stereocenters. The number of nitrogens with one attached hydrogen (secondary N) is 1. The molecule has 0 fully saturated rings. The Bertz CT molecular complexity index is 488. The molecule has 0 saturated heterocycles. The van der Waals surface area contributed by atoms with Gasteiger partial charge in [0.1, 0.15) is 0 Å². The van der Waals surface area contributed by atoms with Crippen molar-refractivity contribution in [3.05, 3.63) is 34.9 Å². The molecule has 1 aromatic rings. The maximum absolute atomic E-state index is 12.5. The lowest BCUT2D eigenvalue weighted by Crippen LogP contribution is -2.14. The Labute approximate surface area is 187 Å². The third-order valence-corrected chi connectivity index (χ3v) is 2.74. The lowest BCUT2D eigenvalue weighted by atomic mass is 10.1. The highest BCUT2D eigenvalue weighted by Gasteiger charge is 2.37. The molecule has 0 radical (unpaired) electrons. The van der Waals surface area contributed by atoms with Gasteiger partial charge in [-0.05, 0) is 24.6 Å². The van der Waals surface area contributed by atoms with E-state index in [-0.39, 0.29) is 31.4 Å². The molecule has 0 aromatic heterocycles. The average molecular weight is 515 g/mol. The summed E-state index contributed by atoms with van der Waals surface area (Å²) in [7, 11) is 1.39. The minimum absolute atomic E-state index is 0.0897. The number of aliphatic hydroxyl groups is 2. The fraction of sp³-hybridized carbons (Fsp3) is 0.625. The van der Waals surface area contributed by atoms with E-state index in [0.29, 0.717) is 12.1 Å². The van der Waals surface area contributed by atoms with Crippen molar-refractivity contribution in [2.45, 2.75) is 32.3 Å². The van der Waals surface area contributed by atoms with Crippen LogP contribution in [-0.4, -0.2) is 37.9 Å². The van der Waals surface area contributed by atoms with Gasteiger partial charge in [-0.25, -0.2) is 0 Å². The van der Waals surface area contributed by atoms with E-state index in [1.54, 1.807) is 0 Å². The summed E-state index contributed by atoms with van der Waals surface area (Å²) >= 11 is 13.9. The van der Waals surface area contributed by atoms with E-state index in [1.165, 1.54) is 13.5 Å². The van der Waals surface area contributed by atoms with Crippen LogP contribution in [0.25, 0.3) is 0 Å². The highest BCUT2D eigenvalue weighted by molar-refractivity contribution is 6.15. The van der Waals surface area contributed by atoms with E-state index in [1.807, 2.05) is 6.92 Å². The van der Waals surface area contributed by atoms with Crippen LogP contribution in [0.2, 0.25) is 0 Å². The van der Waals surface area contributed by atoms with Crippen LogP contribution in [0.1, 0.15) is 30.0 Å². The molecule has 0 heterocycles. The van der Waals surface area contributed by atoms with Gasteiger partial charge in [0, 0.05) is 18.5 Å². The van der Waals surface area contributed by atoms with E-state index in [4.69, 9.17) is 17.6 Å². The van der Waals surface area contributed by atoms with Crippen LogP contribution in [-0.2, 0) is 27.6 Å². The van der Waals surface area contributed by atoms with Gasteiger partial charge in [-0.1, -0.05) is 6.92 Å². The van der Waals surface area contributed by atoms with Crippen molar-refractivity contribution in [2.75, 3.05) is 33.2 Å². The highest BCUT2D eigenvalue weighted by atomic mass is 35.5. The molecule has 5 nitrogen and oxygen atoms in total. The van der Waals surface area contributed by atoms with Crippen molar-refractivity contribution in [3.63, 3.8) is 0 Å². The quantitative estimate of drug-likeness (QED) is 0.168. The van der Waals surface area contributed by atoms with Crippen molar-refractivity contribution < 1.29 is 39.8 Å². The molecule has 1 aromatic carbocycles. The first kappa shape index (κ1) is 34.1. The van der Waals surface area contributed by atoms with Gasteiger partial charge in [-0.15, -0.1) is 11.6 Å². The lowest BCUT2D eigenvalue weighted by Gasteiger charge is -2.13. The van der Waals surface area contributed by atoms with Crippen molar-refractivity contribution >= 4 is 35.3 Å². The summed E-state index contributed by atoms with van der Waals surface area (Å²) in [4.78, 5) is 0. The first-order valence-electron chi connectivity index (χ1n) is 8.12. The number of benzene rings is 1. The molecule has 0 saturated carbocycles. The van der Waals surface area contributed by atoms with Crippen LogP contribution in [0.3, 0.4) is 0 Å². The maximum atomic E-state index is 12.5. The fourth-order valence-electron chi connectivity index (χ4n) is 1.55. The molecule has 1 rings (SSSR count). The molecule has 0 bridgehead atoms. The second-order valence-corrected chi connectivity index (χ2v) is 5.40. The molecule has 0 amide bonds. The molecule has 14 heteroatoms. The standard InChI is InChI=1S/C11H11F6NO.C3H8ClNO.CH3ClO.CH3Cl/c12-10(13,14)8-3-7(6-19-2-1-18)4-9(5-8)11(15,16)17;1-2-3-5-6-4;1-3-2;1-2/h3-5H,1-2,6,18H2;5H,2-3H2,1H3;1H3;1H3/p+1. The van der Waals surface area contributed by atoms with Crippen LogP contribution in [0.15, 0.2) is 18.2 Å². The molecule has 180 valence electrons. The minimum Gasteiger partial charge on any atom is -0.429 e. The molecular weight excluding hydrogens is 489 g/mol. The Hall–Kier alpha value is -0.530. The molecule has 30 heavy (non-hydrogen) atoms. The topological polar surface area (TPSA) is 69.3 Å². The molecule has 4 N–H and O–H groups in total. The number of ether oxygens (including phenoxy) is 1. The third kappa shape index (κ3) is 19.4. The Balaban J connectivity index is -0.000000552. The van der Waals surface area contributed by atoms with Crippen LogP contribution in [0, 0.1) is 0 Å². The Morgan fingerprint density at radius 2 is 1.43 bits per heavy atom. The van der Waals surface area contributed by atoms with Gasteiger partial charge in [0.2, 0.25) is 0 Å². The number of nitrogens with two attached hydrogens (primary N) is 1. The van der Waals surface area contributed by atoms with E-state index >= 15 is 0 Å². The van der Waals surface area contributed by atoms with Gasteiger partial charge in [0.25, 0.3) is 0 Å². The van der Waals surface area contributed by atoms with Gasteiger partial charge in [-0.3, -0.25) is 4.29 Å². The third-order valence-electron chi connectivity index (χ3n) is 2.64. The lowest BCUT2D eigenvalue weighted by molar-refractivity contribution is -0.143. The Morgan fingerprint density at radius 3 is 1.70 bits per heavy atom. The predicted molar refractivity (Wildman–Crippen MR) is 106 cm³/mol. The zero-order chi connectivity index (χ0) is 24.2. The Morgan fingerprint density at radius 1 is 1.00 bits per heavy atom. The predicted octanol–water partition coefficient (Wildman–Crippen LogP) is 5.42. The summed E-state index contributed by atoms with van der Waals surface area (Å²) in [5.41, 5.74) is 4.79. The van der Waals surface area contributed by atoms with Crippen LogP contribution < -0.4 is 11.2 Å². The zero-order valence-electron chi connectivity index (χ0n) is 16.5. The zero-order valence-corrected chi connectivity index (χ0v) is 18.8. The SMILES string of the molecule is CCCNOCl.CCl.COCl.NCC[OH+]Cc1cc(C(F)(F)F)cc(C(F)(F)F)c1. The van der Waals surface area contributed by atoms with E-state index in [9.17, 15) is 26.3 Å². The molecule has 0 spiro atoms. The van der Waals surface area contributed by atoms with Crippen molar-refractivity contribution in [1.82, 2.24) is 5.48 Å². The van der Waals surface area contributed by atoms with Gasteiger partial charge < -0.3 is 10.5 Å². The van der Waals surface area contributed by atoms with E-state index in [2.05, 4.69) is 42.4 Å². The first-order valence-corrected chi connectivity index (χ1v) is 9.49. The van der Waals surface area contributed by atoms with Crippen LogP contribution >= 0.6 is 35.3 Å². The molecule has 0 aliphatic rings. The summed E-state index contributed by atoms with van der Waals surface area (Å²) < 4.78 is 86.5. The number of halogens is 9. The smallest absolute Gasteiger partial charge is 0.416 e. The van der Waals surface area contributed by atoms with Gasteiger partial charge in [0.15, 0.2) is 13.2 Å². The van der Waals surface area contributed by atoms with Crippen LogP contribution in [0.5, 0.6) is 0 Å². The number of hydrogen-bond acceptors (Lipinski definition) is 4. The largest absolute Gasteiger partial charge is 0.429 e. The summed E-state index contributed by atoms with van der Waals surface area (Å²) in [6, 6.07) is 1.41. The van der Waals surface area contributed by atoms with E-state index < -0.39 is 23.5 Å². The monoisotopic (exact) mass is 513 g/mol. The normalized spacial score (nSPS) is 10.7. The van der Waals surface area contributed by atoms with E-state index in [0.717, 1.165) is 13.0 Å². The number of hydroxylamine groups is 1. The summed E-state index contributed by atoms with van der Waals surface area (Å²) in [5.74, 6) is 0. The van der Waals surface area contributed by atoms with Crippen molar-refractivity contribution in [1.29, 1.82) is 0 Å². The summed E-state index contributed by atoms with van der Waals surface area (Å²) in [5, 5.41) is 0. The van der Waals surface area contributed by atoms with Crippen molar-refractivity contribution in [2.24, 2.45) is 5.73 Å². The second kappa shape index (κ2) is 20.4. The van der Waals surface area contributed by atoms with Crippen LogP contribution in [0.4, 0.5) is 26.3 Å². The fourth-order valence-corrected chi connectivity index (χ4v) is 1.63. The summed E-state index contributed by atoms with van der Waals surface area (Å²) in [6.07, 6.45) is -7.15. The summed E-state index contributed by atoms with van der Waals surface area (Å²) in [6.45, 7) is 2.97. The highest BCUT2D eigenvalue weighted by Crippen LogP contribution is 2.36. The number of rotatable bonds is 7. The minimum atomic E-state index is -4.83. The second-order valence-electron chi connectivity index (χ2n) is 4.93. The molecule has 0 aliphatic carbocycles. The Kier molecular flexibility index (Phi) is 23.2. The molecule has 0 aliphatic heterocycles. The first-order chi connectivity index (χ1) is 14.0. The van der Waals surface area contributed by atoms with Gasteiger partial charge in [0.05, 0.1) is 48.5 Å². The maximum Gasteiger partial charge on any atom is 0.416 e. The van der Waals surface area contributed by atoms with Gasteiger partial charge >= 0.3 is 12.4 Å².